The van der Waals surface area contributed by atoms with Crippen molar-refractivity contribution in [2.45, 2.75) is 19.8 Å². The number of halogens is 1. The second kappa shape index (κ2) is 8.81. The van der Waals surface area contributed by atoms with Crippen LogP contribution in [-0.4, -0.2) is 37.2 Å². The third-order valence-electron chi connectivity index (χ3n) is 4.73. The van der Waals surface area contributed by atoms with Gasteiger partial charge in [0, 0.05) is 32.0 Å². The molecule has 1 aliphatic rings. The lowest BCUT2D eigenvalue weighted by atomic mass is 9.98. The van der Waals surface area contributed by atoms with Crippen LogP contribution >= 0.6 is 0 Å². The lowest BCUT2D eigenvalue weighted by molar-refractivity contribution is 0.0819. The number of hydrogen-bond donors (Lipinski definition) is 1. The van der Waals surface area contributed by atoms with Crippen molar-refractivity contribution in [1.82, 2.24) is 4.90 Å². The van der Waals surface area contributed by atoms with Crippen LogP contribution in [0.15, 0.2) is 48.5 Å². The Morgan fingerprint density at radius 1 is 1.15 bits per heavy atom. The Balaban J connectivity index is 1.59. The molecule has 1 aliphatic heterocycles. The van der Waals surface area contributed by atoms with Gasteiger partial charge in [-0.15, -0.1) is 0 Å². The highest BCUT2D eigenvalue weighted by Gasteiger charge is 2.22. The van der Waals surface area contributed by atoms with Crippen molar-refractivity contribution in [3.63, 3.8) is 0 Å². The van der Waals surface area contributed by atoms with E-state index in [2.05, 4.69) is 5.32 Å². The summed E-state index contributed by atoms with van der Waals surface area (Å²) in [6.45, 7) is 5.00. The molecule has 2 amide bonds. The predicted molar refractivity (Wildman–Crippen MR) is 102 cm³/mol. The van der Waals surface area contributed by atoms with Gasteiger partial charge in [-0.3, -0.25) is 0 Å². The summed E-state index contributed by atoms with van der Waals surface area (Å²) in [7, 11) is 0. The van der Waals surface area contributed by atoms with Gasteiger partial charge in [0.05, 0.1) is 0 Å². The van der Waals surface area contributed by atoms with E-state index < -0.39 is 0 Å². The number of amides is 2. The molecule has 138 valence electrons. The van der Waals surface area contributed by atoms with Crippen molar-refractivity contribution >= 4 is 11.7 Å². The highest BCUT2D eigenvalue weighted by Crippen LogP contribution is 2.24. The van der Waals surface area contributed by atoms with Crippen LogP contribution in [0.25, 0.3) is 11.1 Å². The molecule has 1 saturated heterocycles. The number of carbonyl (C=O) groups excluding carboxylic acids is 1. The molecule has 4 nitrogen and oxygen atoms in total. The van der Waals surface area contributed by atoms with E-state index in [0.717, 1.165) is 50.3 Å². The average Bonchev–Trinajstić information content (AvgIpc) is 2.67. The van der Waals surface area contributed by atoms with Crippen LogP contribution in [0.2, 0.25) is 0 Å². The first-order valence-corrected chi connectivity index (χ1v) is 9.15. The third-order valence-corrected chi connectivity index (χ3v) is 4.73. The number of likely N-dealkylation sites (tertiary alicyclic amines) is 1. The minimum absolute atomic E-state index is 0.0868. The zero-order valence-electron chi connectivity index (χ0n) is 15.1. The van der Waals surface area contributed by atoms with Gasteiger partial charge in [0.15, 0.2) is 0 Å². The zero-order valence-corrected chi connectivity index (χ0v) is 15.1. The fourth-order valence-corrected chi connectivity index (χ4v) is 3.23. The molecule has 0 bridgehead atoms. The van der Waals surface area contributed by atoms with E-state index in [-0.39, 0.29) is 11.8 Å². The number of benzene rings is 2. The van der Waals surface area contributed by atoms with Crippen molar-refractivity contribution < 1.29 is 13.9 Å². The summed E-state index contributed by atoms with van der Waals surface area (Å²) < 4.78 is 18.9. The predicted octanol–water partition coefficient (Wildman–Crippen LogP) is 4.77. The van der Waals surface area contributed by atoms with Crippen LogP contribution in [0.4, 0.5) is 14.9 Å². The summed E-state index contributed by atoms with van der Waals surface area (Å²) >= 11 is 0. The summed E-state index contributed by atoms with van der Waals surface area (Å²) in [5.74, 6) is 0.266. The van der Waals surface area contributed by atoms with E-state index >= 15 is 0 Å². The van der Waals surface area contributed by atoms with Gasteiger partial charge >= 0.3 is 6.03 Å². The first-order valence-electron chi connectivity index (χ1n) is 9.15. The van der Waals surface area contributed by atoms with Crippen LogP contribution in [-0.2, 0) is 4.74 Å². The lowest BCUT2D eigenvalue weighted by Crippen LogP contribution is -2.41. The fraction of sp³-hybridized carbons (Fsp3) is 0.381. The van der Waals surface area contributed by atoms with E-state index in [9.17, 15) is 9.18 Å². The molecular weight excluding hydrogens is 331 g/mol. The highest BCUT2D eigenvalue weighted by molar-refractivity contribution is 5.90. The molecule has 2 aromatic rings. The Morgan fingerprint density at radius 2 is 1.85 bits per heavy atom. The largest absolute Gasteiger partial charge is 0.381 e. The monoisotopic (exact) mass is 356 g/mol. The lowest BCUT2D eigenvalue weighted by Gasteiger charge is -2.31. The third kappa shape index (κ3) is 4.82. The summed E-state index contributed by atoms with van der Waals surface area (Å²) in [6.07, 6.45) is 1.94. The number of nitrogens with zero attached hydrogens (tertiary/aromatic N) is 1. The van der Waals surface area contributed by atoms with Crippen LogP contribution in [0.1, 0.15) is 19.8 Å². The number of ether oxygens (including phenoxy) is 1. The Morgan fingerprint density at radius 3 is 2.54 bits per heavy atom. The zero-order chi connectivity index (χ0) is 18.4. The first kappa shape index (κ1) is 18.4. The van der Waals surface area contributed by atoms with Crippen molar-refractivity contribution in [3.05, 3.63) is 54.3 Å². The quantitative estimate of drug-likeness (QED) is 0.838. The number of rotatable bonds is 5. The number of hydrogen-bond acceptors (Lipinski definition) is 2. The molecule has 0 aromatic heterocycles. The molecule has 0 atom stereocenters. The maximum atomic E-state index is 13.4. The topological polar surface area (TPSA) is 41.6 Å². The minimum atomic E-state index is -0.271. The second-order valence-corrected chi connectivity index (χ2v) is 6.61. The average molecular weight is 356 g/mol. The van der Waals surface area contributed by atoms with E-state index in [0.29, 0.717) is 11.6 Å². The van der Waals surface area contributed by atoms with Crippen LogP contribution in [0.5, 0.6) is 0 Å². The Hall–Kier alpha value is -2.40. The summed E-state index contributed by atoms with van der Waals surface area (Å²) in [5.41, 5.74) is 2.38. The molecule has 0 saturated carbocycles. The molecule has 0 radical (unpaired) electrons. The number of carbonyl (C=O) groups is 1. The molecule has 0 spiro atoms. The number of nitrogens with one attached hydrogen (secondary N) is 1. The number of urea groups is 1. The van der Waals surface area contributed by atoms with Crippen molar-refractivity contribution in [2.75, 3.05) is 31.6 Å². The maximum absolute atomic E-state index is 13.4. The normalized spacial score (nSPS) is 15.1. The summed E-state index contributed by atoms with van der Waals surface area (Å²) in [4.78, 5) is 14.4. The maximum Gasteiger partial charge on any atom is 0.321 e. The van der Waals surface area contributed by atoms with E-state index in [1.54, 1.807) is 6.07 Å². The Kier molecular flexibility index (Phi) is 6.23. The SMILES string of the molecule is CCOCC1CCN(C(=O)Nc2cccc(-c3cccc(F)c3)c2)CC1. The molecule has 3 rings (SSSR count). The molecule has 0 unspecified atom stereocenters. The fourth-order valence-electron chi connectivity index (χ4n) is 3.23. The van der Waals surface area contributed by atoms with Gasteiger partial charge in [0.2, 0.25) is 0 Å². The van der Waals surface area contributed by atoms with E-state index in [1.807, 2.05) is 42.2 Å². The van der Waals surface area contributed by atoms with Crippen LogP contribution in [0.3, 0.4) is 0 Å². The molecule has 1 heterocycles. The van der Waals surface area contributed by atoms with Gasteiger partial charge < -0.3 is 15.0 Å². The summed E-state index contributed by atoms with van der Waals surface area (Å²) in [5, 5.41) is 2.96. The minimum Gasteiger partial charge on any atom is -0.381 e. The van der Waals surface area contributed by atoms with Crippen molar-refractivity contribution in [3.8, 4) is 11.1 Å². The second-order valence-electron chi connectivity index (χ2n) is 6.61. The van der Waals surface area contributed by atoms with Gasteiger partial charge in [0.1, 0.15) is 5.82 Å². The summed E-state index contributed by atoms with van der Waals surface area (Å²) in [6, 6.07) is 13.9. The van der Waals surface area contributed by atoms with Gasteiger partial charge in [-0.05, 0) is 61.1 Å². The molecule has 1 N–H and O–H groups in total. The van der Waals surface area contributed by atoms with E-state index in [1.165, 1.54) is 12.1 Å². The van der Waals surface area contributed by atoms with Gasteiger partial charge in [-0.25, -0.2) is 9.18 Å². The van der Waals surface area contributed by atoms with E-state index in [4.69, 9.17) is 4.74 Å². The molecule has 26 heavy (non-hydrogen) atoms. The van der Waals surface area contributed by atoms with Gasteiger partial charge in [-0.2, -0.15) is 0 Å². The van der Waals surface area contributed by atoms with Gasteiger partial charge in [-0.1, -0.05) is 24.3 Å². The first-order chi connectivity index (χ1) is 12.7. The Labute approximate surface area is 154 Å². The number of piperidine rings is 1. The van der Waals surface area contributed by atoms with Crippen molar-refractivity contribution in [1.29, 1.82) is 0 Å². The molecule has 0 aliphatic carbocycles. The van der Waals surface area contributed by atoms with Crippen LogP contribution < -0.4 is 5.32 Å². The Bertz CT molecular complexity index is 742. The van der Waals surface area contributed by atoms with Crippen LogP contribution in [0, 0.1) is 11.7 Å². The van der Waals surface area contributed by atoms with Crippen molar-refractivity contribution in [2.24, 2.45) is 5.92 Å². The molecule has 1 fully saturated rings. The standard InChI is InChI=1S/C21H25FN2O2/c1-2-26-15-16-9-11-24(12-10-16)21(25)23-20-8-4-6-18(14-20)17-5-3-7-19(22)13-17/h3-8,13-14,16H,2,9-12,15H2,1H3,(H,23,25). The molecular formula is C21H25FN2O2. The van der Waals surface area contributed by atoms with Gasteiger partial charge in [0.25, 0.3) is 0 Å². The smallest absolute Gasteiger partial charge is 0.321 e. The molecule has 2 aromatic carbocycles. The highest BCUT2D eigenvalue weighted by atomic mass is 19.1. The number of anilines is 1. The molecule has 5 heteroatoms.